The van der Waals surface area contributed by atoms with Gasteiger partial charge in [0.15, 0.2) is 5.82 Å². The third kappa shape index (κ3) is 3.01. The van der Waals surface area contributed by atoms with Crippen LogP contribution >= 0.6 is 0 Å². The van der Waals surface area contributed by atoms with Crippen molar-refractivity contribution in [2.45, 2.75) is 13.3 Å². The van der Waals surface area contributed by atoms with Crippen LogP contribution in [0.5, 0.6) is 11.5 Å². The van der Waals surface area contributed by atoms with E-state index in [2.05, 4.69) is 20.2 Å². The van der Waals surface area contributed by atoms with Crippen molar-refractivity contribution in [2.24, 2.45) is 0 Å². The number of benzene rings is 2. The molecule has 0 bridgehead atoms. The molecule has 4 N–H and O–H groups in total. The second-order valence-electron chi connectivity index (χ2n) is 6.20. The number of hydrogen-bond donors (Lipinski definition) is 3. The maximum Gasteiger partial charge on any atom is 0.220 e. The van der Waals surface area contributed by atoms with Gasteiger partial charge in [0.1, 0.15) is 17.8 Å². The summed E-state index contributed by atoms with van der Waals surface area (Å²) in [5, 5.41) is 28.7. The third-order valence-electron chi connectivity index (χ3n) is 4.46. The summed E-state index contributed by atoms with van der Waals surface area (Å²) in [4.78, 5) is 8.44. The number of anilines is 1. The number of nitrogen functional groups attached to an aromatic ring is 1. The average molecular weight is 374 g/mol. The first-order valence-electron chi connectivity index (χ1n) is 8.72. The zero-order valence-electron chi connectivity index (χ0n) is 15.1. The monoisotopic (exact) mass is 374 g/mol. The van der Waals surface area contributed by atoms with Crippen molar-refractivity contribution < 1.29 is 10.2 Å². The molecule has 0 saturated heterocycles. The van der Waals surface area contributed by atoms with E-state index in [0.29, 0.717) is 34.6 Å². The molecule has 0 aliphatic carbocycles. The molecule has 0 unspecified atom stereocenters. The van der Waals surface area contributed by atoms with Gasteiger partial charge < -0.3 is 15.9 Å². The van der Waals surface area contributed by atoms with Crippen molar-refractivity contribution in [3.05, 3.63) is 60.6 Å². The molecule has 0 radical (unpaired) electrons. The van der Waals surface area contributed by atoms with Crippen LogP contribution in [0.4, 0.5) is 5.95 Å². The lowest BCUT2D eigenvalue weighted by Gasteiger charge is -2.13. The van der Waals surface area contributed by atoms with Crippen LogP contribution in [0.25, 0.3) is 28.3 Å². The van der Waals surface area contributed by atoms with E-state index in [0.717, 1.165) is 5.69 Å². The molecule has 8 nitrogen and oxygen atoms in total. The van der Waals surface area contributed by atoms with Gasteiger partial charge in [-0.15, -0.1) is 10.2 Å². The minimum absolute atomic E-state index is 0.0276. The smallest absolute Gasteiger partial charge is 0.220 e. The molecule has 8 heteroatoms. The van der Waals surface area contributed by atoms with Crippen molar-refractivity contribution >= 4 is 5.95 Å². The van der Waals surface area contributed by atoms with Crippen LogP contribution in [0.1, 0.15) is 12.5 Å². The molecule has 0 spiro atoms. The molecule has 140 valence electrons. The Hall–Kier alpha value is -3.94. The van der Waals surface area contributed by atoms with Crippen LogP contribution in [0.2, 0.25) is 0 Å². The van der Waals surface area contributed by atoms with Gasteiger partial charge in [-0.05, 0) is 30.2 Å². The third-order valence-corrected chi connectivity index (χ3v) is 4.46. The Bertz CT molecular complexity index is 1140. The van der Waals surface area contributed by atoms with E-state index in [-0.39, 0.29) is 17.4 Å². The number of aromatic nitrogens is 5. The summed E-state index contributed by atoms with van der Waals surface area (Å²) in [6.45, 7) is 1.91. The first kappa shape index (κ1) is 17.5. The molecule has 0 amide bonds. The van der Waals surface area contributed by atoms with E-state index in [1.165, 1.54) is 6.07 Å². The molecule has 2 aromatic carbocycles. The summed E-state index contributed by atoms with van der Waals surface area (Å²) < 4.78 is 1.80. The van der Waals surface area contributed by atoms with Gasteiger partial charge in [-0.1, -0.05) is 25.1 Å². The van der Waals surface area contributed by atoms with Crippen molar-refractivity contribution in [1.82, 2.24) is 24.7 Å². The lowest BCUT2D eigenvalue weighted by atomic mass is 10.0. The van der Waals surface area contributed by atoms with E-state index in [1.54, 1.807) is 23.2 Å². The number of aryl methyl sites for hydroxylation is 1. The lowest BCUT2D eigenvalue weighted by molar-refractivity contribution is 0.447. The Balaban J connectivity index is 1.95. The first-order chi connectivity index (χ1) is 13.6. The lowest BCUT2D eigenvalue weighted by Crippen LogP contribution is -2.03. The fourth-order valence-corrected chi connectivity index (χ4v) is 3.06. The molecular weight excluding hydrogens is 356 g/mol. The van der Waals surface area contributed by atoms with E-state index in [4.69, 9.17) is 5.73 Å². The Morgan fingerprint density at radius 2 is 1.82 bits per heavy atom. The van der Waals surface area contributed by atoms with Crippen LogP contribution in [0, 0.1) is 0 Å². The van der Waals surface area contributed by atoms with Gasteiger partial charge in [0.05, 0.1) is 11.3 Å². The van der Waals surface area contributed by atoms with Gasteiger partial charge >= 0.3 is 0 Å². The predicted octanol–water partition coefficient (Wildman–Crippen LogP) is 2.95. The maximum atomic E-state index is 10.5. The van der Waals surface area contributed by atoms with E-state index < -0.39 is 0 Å². The number of nitrogens with two attached hydrogens (primary N) is 1. The fourth-order valence-electron chi connectivity index (χ4n) is 3.06. The second kappa shape index (κ2) is 6.99. The van der Waals surface area contributed by atoms with Crippen LogP contribution in [-0.4, -0.2) is 34.9 Å². The van der Waals surface area contributed by atoms with Crippen molar-refractivity contribution in [3.8, 4) is 39.8 Å². The molecule has 28 heavy (non-hydrogen) atoms. The highest BCUT2D eigenvalue weighted by Gasteiger charge is 2.20. The number of rotatable bonds is 4. The zero-order chi connectivity index (χ0) is 19.7. The van der Waals surface area contributed by atoms with Gasteiger partial charge in [-0.25, -0.2) is 9.97 Å². The van der Waals surface area contributed by atoms with E-state index >= 15 is 0 Å². The predicted molar refractivity (Wildman–Crippen MR) is 105 cm³/mol. The molecule has 0 aliphatic rings. The summed E-state index contributed by atoms with van der Waals surface area (Å²) in [7, 11) is 0. The van der Waals surface area contributed by atoms with Crippen LogP contribution < -0.4 is 5.73 Å². The quantitative estimate of drug-likeness (QED) is 0.502. The van der Waals surface area contributed by atoms with Gasteiger partial charge in [-0.2, -0.15) is 0 Å². The number of phenolic OH excluding ortho intramolecular Hbond substituents is 2. The second-order valence-corrected chi connectivity index (χ2v) is 6.20. The van der Waals surface area contributed by atoms with Gasteiger partial charge in [-0.3, -0.25) is 4.57 Å². The standard InChI is InChI=1S/C20H18N6O2/c1-2-12-8-14(17(28)9-16(12)27)18-15(10-22-20(21)24-18)19-25-23-11-26(19)13-6-4-3-5-7-13/h3-11,27-28H,2H2,1H3,(H2,21,22,24). The zero-order valence-corrected chi connectivity index (χ0v) is 15.1. The Morgan fingerprint density at radius 3 is 2.57 bits per heavy atom. The van der Waals surface area contributed by atoms with Crippen LogP contribution in [0.3, 0.4) is 0 Å². The summed E-state index contributed by atoms with van der Waals surface area (Å²) in [6.07, 6.45) is 3.74. The molecular formula is C20H18N6O2. The molecule has 4 rings (SSSR count). The Kier molecular flexibility index (Phi) is 4.36. The number of nitrogens with zero attached hydrogens (tertiary/aromatic N) is 5. The highest BCUT2D eigenvalue weighted by molar-refractivity contribution is 5.82. The average Bonchev–Trinajstić information content (AvgIpc) is 3.18. The Morgan fingerprint density at radius 1 is 1.04 bits per heavy atom. The molecule has 2 aromatic heterocycles. The number of phenols is 2. The van der Waals surface area contributed by atoms with Gasteiger partial charge in [0.25, 0.3) is 0 Å². The van der Waals surface area contributed by atoms with E-state index in [1.807, 2.05) is 37.3 Å². The molecule has 0 saturated carbocycles. The summed E-state index contributed by atoms with van der Waals surface area (Å²) in [5.74, 6) is 0.487. The number of para-hydroxylation sites is 1. The first-order valence-corrected chi connectivity index (χ1v) is 8.72. The van der Waals surface area contributed by atoms with Crippen LogP contribution in [0.15, 0.2) is 55.0 Å². The van der Waals surface area contributed by atoms with Crippen molar-refractivity contribution in [2.75, 3.05) is 5.73 Å². The van der Waals surface area contributed by atoms with Crippen LogP contribution in [-0.2, 0) is 6.42 Å². The Labute approximate surface area is 161 Å². The molecule has 0 aliphatic heterocycles. The number of hydrogen-bond acceptors (Lipinski definition) is 7. The van der Waals surface area contributed by atoms with Gasteiger partial charge in [0, 0.05) is 23.5 Å². The maximum absolute atomic E-state index is 10.5. The molecule has 0 fully saturated rings. The van der Waals surface area contributed by atoms with Crippen molar-refractivity contribution in [1.29, 1.82) is 0 Å². The fraction of sp³-hybridized carbons (Fsp3) is 0.100. The summed E-state index contributed by atoms with van der Waals surface area (Å²) in [6, 6.07) is 12.6. The molecule has 4 aromatic rings. The van der Waals surface area contributed by atoms with E-state index in [9.17, 15) is 10.2 Å². The molecule has 2 heterocycles. The van der Waals surface area contributed by atoms with Gasteiger partial charge in [0.2, 0.25) is 5.95 Å². The SMILES string of the molecule is CCc1cc(-c2nc(N)ncc2-c2nncn2-c2ccccc2)c(O)cc1O. The minimum Gasteiger partial charge on any atom is -0.508 e. The largest absolute Gasteiger partial charge is 0.508 e. The summed E-state index contributed by atoms with van der Waals surface area (Å²) in [5.41, 5.74) is 8.77. The topological polar surface area (TPSA) is 123 Å². The number of aromatic hydroxyl groups is 2. The summed E-state index contributed by atoms with van der Waals surface area (Å²) >= 11 is 0. The highest BCUT2D eigenvalue weighted by Crippen LogP contribution is 2.38. The molecule has 0 atom stereocenters. The normalized spacial score (nSPS) is 10.9. The highest BCUT2D eigenvalue weighted by atomic mass is 16.3. The van der Waals surface area contributed by atoms with Crippen molar-refractivity contribution in [3.63, 3.8) is 0 Å². The minimum atomic E-state index is -0.111.